The zero-order chi connectivity index (χ0) is 26.8. The third-order valence-corrected chi connectivity index (χ3v) is 5.90. The topological polar surface area (TPSA) is 116 Å². The summed E-state index contributed by atoms with van der Waals surface area (Å²) in [6, 6.07) is -0.592. The van der Waals surface area contributed by atoms with Crippen LogP contribution in [0.15, 0.2) is 23.3 Å². The van der Waals surface area contributed by atoms with E-state index < -0.39 is 35.0 Å². The summed E-state index contributed by atoms with van der Waals surface area (Å²) in [7, 11) is 0. The number of carbonyl (C=O) groups is 1. The van der Waals surface area contributed by atoms with Gasteiger partial charge in [0, 0.05) is 38.4 Å². The molecule has 1 aliphatic carbocycles. The molecule has 4 rings (SSSR count). The number of hydrogen-bond donors (Lipinski definition) is 2. The predicted molar refractivity (Wildman–Crippen MR) is 122 cm³/mol. The van der Waals surface area contributed by atoms with Gasteiger partial charge in [-0.05, 0) is 19.1 Å². The van der Waals surface area contributed by atoms with Crippen LogP contribution in [0.3, 0.4) is 0 Å². The summed E-state index contributed by atoms with van der Waals surface area (Å²) in [5.41, 5.74) is -3.23. The molecule has 2 N–H and O–H groups in total. The van der Waals surface area contributed by atoms with Gasteiger partial charge in [-0.15, -0.1) is 0 Å². The minimum atomic E-state index is -4.85. The molecule has 15 heteroatoms. The summed E-state index contributed by atoms with van der Waals surface area (Å²) < 4.78 is 72.2. The fourth-order valence-corrected chi connectivity index (χ4v) is 4.02. The summed E-state index contributed by atoms with van der Waals surface area (Å²) in [4.78, 5) is 35.8. The molecule has 0 saturated carbocycles. The van der Waals surface area contributed by atoms with Gasteiger partial charge in [-0.3, -0.25) is 9.59 Å². The zero-order valence-electron chi connectivity index (χ0n) is 19.7. The molecular formula is C22H24F5N7O3. The number of amides is 1. The number of carbonyl (C=O) groups excluding carboxylic acids is 1. The standard InChI is InChI=1S/C22H24F5N7O3/c1-13(30-16-11-29-32-19(36)18(16)22(25,26)27)12-37-9-3-17(35)33-5-7-34(8-6-33)20-28-10-14-15(31-20)2-4-21(14,23)24/h2,4,10-11,13H,3,5-9,12H2,1H3,(H2,30,32,36). The normalized spacial score (nSPS) is 17.6. The molecule has 1 amide bonds. The van der Waals surface area contributed by atoms with E-state index in [1.54, 1.807) is 16.9 Å². The van der Waals surface area contributed by atoms with Gasteiger partial charge in [0.25, 0.3) is 11.5 Å². The maximum absolute atomic E-state index is 13.7. The number of ether oxygens (including phenoxy) is 1. The lowest BCUT2D eigenvalue weighted by Crippen LogP contribution is -2.49. The zero-order valence-corrected chi connectivity index (χ0v) is 19.7. The lowest BCUT2D eigenvalue weighted by atomic mass is 10.2. The number of H-pyrrole nitrogens is 1. The smallest absolute Gasteiger partial charge is 0.379 e. The van der Waals surface area contributed by atoms with E-state index in [1.807, 2.05) is 4.90 Å². The highest BCUT2D eigenvalue weighted by molar-refractivity contribution is 5.76. The number of fused-ring (bicyclic) bond motifs is 1. The molecule has 0 bridgehead atoms. The Hall–Kier alpha value is -3.62. The molecule has 3 heterocycles. The second-order valence-electron chi connectivity index (χ2n) is 8.65. The first-order chi connectivity index (χ1) is 17.5. The van der Waals surface area contributed by atoms with Gasteiger partial charge >= 0.3 is 6.18 Å². The maximum atomic E-state index is 13.7. The molecule has 200 valence electrons. The minimum Gasteiger partial charge on any atom is -0.379 e. The molecule has 37 heavy (non-hydrogen) atoms. The number of nitrogens with zero attached hydrogens (tertiary/aromatic N) is 5. The van der Waals surface area contributed by atoms with Crippen LogP contribution >= 0.6 is 0 Å². The van der Waals surface area contributed by atoms with Crippen molar-refractivity contribution >= 4 is 23.6 Å². The molecule has 0 spiro atoms. The summed E-state index contributed by atoms with van der Waals surface area (Å²) in [6.07, 6.45) is -0.730. The number of aromatic nitrogens is 4. The van der Waals surface area contributed by atoms with E-state index >= 15 is 0 Å². The molecule has 1 aliphatic heterocycles. The Morgan fingerprint density at radius 1 is 1.24 bits per heavy atom. The molecule has 1 fully saturated rings. The van der Waals surface area contributed by atoms with Gasteiger partial charge in [-0.1, -0.05) is 0 Å². The molecule has 1 atom stereocenters. The summed E-state index contributed by atoms with van der Waals surface area (Å²) >= 11 is 0. The van der Waals surface area contributed by atoms with E-state index in [9.17, 15) is 31.5 Å². The monoisotopic (exact) mass is 529 g/mol. The summed E-state index contributed by atoms with van der Waals surface area (Å²) in [5, 5.41) is 7.72. The van der Waals surface area contributed by atoms with E-state index in [1.165, 1.54) is 6.08 Å². The number of aromatic amines is 1. The number of rotatable bonds is 8. The van der Waals surface area contributed by atoms with E-state index in [4.69, 9.17) is 4.74 Å². The van der Waals surface area contributed by atoms with Crippen molar-refractivity contribution in [3.8, 4) is 0 Å². The summed E-state index contributed by atoms with van der Waals surface area (Å²) in [5.74, 6) is -2.91. The van der Waals surface area contributed by atoms with Crippen LogP contribution in [-0.2, 0) is 21.6 Å². The van der Waals surface area contributed by atoms with Gasteiger partial charge in [0.2, 0.25) is 11.9 Å². The lowest BCUT2D eigenvalue weighted by molar-refractivity contribution is -0.138. The average Bonchev–Trinajstić information content (AvgIpc) is 3.15. The quantitative estimate of drug-likeness (QED) is 0.395. The van der Waals surface area contributed by atoms with E-state index in [0.29, 0.717) is 32.1 Å². The maximum Gasteiger partial charge on any atom is 0.423 e. The van der Waals surface area contributed by atoms with Gasteiger partial charge in [0.15, 0.2) is 0 Å². The number of allylic oxidation sites excluding steroid dienone is 1. The highest BCUT2D eigenvalue weighted by Gasteiger charge is 2.38. The number of halogens is 5. The Kier molecular flexibility index (Phi) is 7.43. The fourth-order valence-electron chi connectivity index (χ4n) is 4.02. The van der Waals surface area contributed by atoms with Crippen molar-refractivity contribution in [1.29, 1.82) is 0 Å². The molecule has 1 saturated heterocycles. The third-order valence-electron chi connectivity index (χ3n) is 5.90. The molecule has 1 unspecified atom stereocenters. The van der Waals surface area contributed by atoms with Crippen LogP contribution < -0.4 is 15.8 Å². The van der Waals surface area contributed by atoms with Crippen molar-refractivity contribution in [1.82, 2.24) is 25.1 Å². The molecule has 0 radical (unpaired) electrons. The van der Waals surface area contributed by atoms with Crippen LogP contribution in [-0.4, -0.2) is 76.4 Å². The van der Waals surface area contributed by atoms with Crippen LogP contribution in [0, 0.1) is 0 Å². The van der Waals surface area contributed by atoms with Gasteiger partial charge in [0.05, 0.1) is 42.8 Å². The first kappa shape index (κ1) is 26.4. The van der Waals surface area contributed by atoms with Crippen molar-refractivity contribution in [2.75, 3.05) is 49.6 Å². The largest absolute Gasteiger partial charge is 0.423 e. The van der Waals surface area contributed by atoms with Gasteiger partial charge in [-0.25, -0.2) is 15.1 Å². The van der Waals surface area contributed by atoms with Gasteiger partial charge in [0.1, 0.15) is 5.56 Å². The minimum absolute atomic E-state index is 0.00564. The summed E-state index contributed by atoms with van der Waals surface area (Å²) in [6.45, 7) is 3.25. The van der Waals surface area contributed by atoms with E-state index in [0.717, 1.165) is 18.5 Å². The lowest BCUT2D eigenvalue weighted by Gasteiger charge is -2.35. The van der Waals surface area contributed by atoms with Crippen LogP contribution in [0.1, 0.15) is 30.2 Å². The second-order valence-corrected chi connectivity index (χ2v) is 8.65. The van der Waals surface area contributed by atoms with Crippen molar-refractivity contribution in [3.63, 3.8) is 0 Å². The second kappa shape index (κ2) is 10.4. The number of alkyl halides is 5. The van der Waals surface area contributed by atoms with E-state index in [-0.39, 0.29) is 36.8 Å². The first-order valence-corrected chi connectivity index (χ1v) is 11.4. The number of nitrogens with one attached hydrogen (secondary N) is 2. The Bertz CT molecular complexity index is 1230. The van der Waals surface area contributed by atoms with Crippen molar-refractivity contribution in [3.05, 3.63) is 45.6 Å². The molecule has 2 aromatic heterocycles. The van der Waals surface area contributed by atoms with Crippen LogP contribution in [0.5, 0.6) is 0 Å². The molecule has 10 nitrogen and oxygen atoms in total. The Labute approximate surface area is 207 Å². The third kappa shape index (κ3) is 6.03. The van der Waals surface area contributed by atoms with Crippen LogP contribution in [0.25, 0.3) is 6.08 Å². The molecule has 2 aliphatic rings. The Morgan fingerprint density at radius 3 is 2.68 bits per heavy atom. The highest BCUT2D eigenvalue weighted by Crippen LogP contribution is 2.37. The van der Waals surface area contributed by atoms with Crippen molar-refractivity contribution < 1.29 is 31.5 Å². The molecule has 2 aromatic rings. The number of anilines is 2. The highest BCUT2D eigenvalue weighted by atomic mass is 19.4. The van der Waals surface area contributed by atoms with Crippen molar-refractivity contribution in [2.45, 2.75) is 31.5 Å². The number of piperazine rings is 1. The molecular weight excluding hydrogens is 505 g/mol. The van der Waals surface area contributed by atoms with Crippen LogP contribution in [0.2, 0.25) is 0 Å². The van der Waals surface area contributed by atoms with Gasteiger partial charge < -0.3 is 19.9 Å². The first-order valence-electron chi connectivity index (χ1n) is 11.4. The number of hydrogen-bond acceptors (Lipinski definition) is 8. The molecule has 0 aromatic carbocycles. The van der Waals surface area contributed by atoms with Crippen molar-refractivity contribution in [2.24, 2.45) is 0 Å². The predicted octanol–water partition coefficient (Wildman–Crippen LogP) is 2.25. The Balaban J connectivity index is 1.20. The van der Waals surface area contributed by atoms with E-state index in [2.05, 4.69) is 20.4 Å². The van der Waals surface area contributed by atoms with Crippen LogP contribution in [0.4, 0.5) is 33.6 Å². The SMILES string of the molecule is CC(COCCC(=O)N1CCN(c2ncc3c(n2)C=CC3(F)F)CC1)Nc1cn[nH]c(=O)c1C(F)(F)F. The van der Waals surface area contributed by atoms with Gasteiger partial charge in [-0.2, -0.15) is 27.1 Å². The fraction of sp³-hybridized carbons (Fsp3) is 0.500. The average molecular weight is 529 g/mol. The Morgan fingerprint density at radius 2 is 1.97 bits per heavy atom.